The summed E-state index contributed by atoms with van der Waals surface area (Å²) in [5.74, 6) is 0.408. The van der Waals surface area contributed by atoms with Gasteiger partial charge < -0.3 is 9.29 Å². The number of hydrogen-bond acceptors (Lipinski definition) is 6. The van der Waals surface area contributed by atoms with Crippen LogP contribution in [0.25, 0.3) is 0 Å². The minimum atomic E-state index is -4.41. The van der Waals surface area contributed by atoms with Crippen molar-refractivity contribution < 1.29 is 31.2 Å². The zero-order valence-corrected chi connectivity index (χ0v) is 21.5. The fourth-order valence-corrected chi connectivity index (χ4v) is 3.61. The molecule has 0 aromatic carbocycles. The molecule has 1 aliphatic heterocycles. The molecule has 1 rings (SSSR count). The number of ether oxygens (including phenoxy) is 1. The normalized spacial score (nSPS) is 16.0. The van der Waals surface area contributed by atoms with Crippen molar-refractivity contribution in [3.05, 3.63) is 12.2 Å². The van der Waals surface area contributed by atoms with E-state index in [0.29, 0.717) is 10.4 Å². The number of rotatable bonds is 16. The van der Waals surface area contributed by atoms with Crippen LogP contribution in [0.2, 0.25) is 0 Å². The summed E-state index contributed by atoms with van der Waals surface area (Å²) >= 11 is 0. The van der Waals surface area contributed by atoms with E-state index in [2.05, 4.69) is 30.3 Å². The fraction of sp³-hybridized carbons (Fsp3) is 0.875. The van der Waals surface area contributed by atoms with Crippen LogP contribution in [-0.4, -0.2) is 63.8 Å². The lowest BCUT2D eigenvalue weighted by molar-refractivity contribution is -0.843. The Labute approximate surface area is 197 Å². The van der Waals surface area contributed by atoms with E-state index in [-0.39, 0.29) is 0 Å². The lowest BCUT2D eigenvalue weighted by atomic mass is 10.1. The van der Waals surface area contributed by atoms with Crippen LogP contribution in [0.15, 0.2) is 12.2 Å². The van der Waals surface area contributed by atoms with Gasteiger partial charge in [-0.15, -0.1) is 0 Å². The second-order valence-corrected chi connectivity index (χ2v) is 9.91. The van der Waals surface area contributed by atoms with Crippen molar-refractivity contribution in [1.29, 1.82) is 0 Å². The standard InChI is InChI=1S/C23H44NO2.CH4O4S/c1-3-4-5-6-7-8-9-10-11-12-13-14-15-16-17-18-23(25)24(2)19-21-26-22-20-24;1-5-6(2,3)4/h10-11H,3-9,12-22H2,1-2H3;1H3,(H,2,3,4)/q+1;/p-1/b11-10-;. The molecular weight excluding hydrogens is 430 g/mol. The third-order valence-electron chi connectivity index (χ3n) is 5.92. The Morgan fingerprint density at radius 2 is 1.34 bits per heavy atom. The predicted molar refractivity (Wildman–Crippen MR) is 128 cm³/mol. The fourth-order valence-electron chi connectivity index (χ4n) is 3.61. The molecule has 7 nitrogen and oxygen atoms in total. The molecule has 0 bridgehead atoms. The van der Waals surface area contributed by atoms with Crippen molar-refractivity contribution in [3.63, 3.8) is 0 Å². The molecule has 0 aliphatic carbocycles. The summed E-state index contributed by atoms with van der Waals surface area (Å²) in [5, 5.41) is 0. The Kier molecular flexibility index (Phi) is 19.2. The van der Waals surface area contributed by atoms with E-state index in [1.165, 1.54) is 77.0 Å². The predicted octanol–water partition coefficient (Wildman–Crippen LogP) is 5.12. The average Bonchev–Trinajstić information content (AvgIpc) is 2.76. The van der Waals surface area contributed by atoms with Gasteiger partial charge >= 0.3 is 5.91 Å². The molecule has 0 N–H and O–H groups in total. The second kappa shape index (κ2) is 19.6. The Hall–Kier alpha value is -0.800. The molecule has 0 aromatic heterocycles. The van der Waals surface area contributed by atoms with Crippen LogP contribution in [0, 0.1) is 0 Å². The molecule has 0 spiro atoms. The number of carbonyl (C=O) groups is 1. The van der Waals surface area contributed by atoms with Crippen molar-refractivity contribution in [3.8, 4) is 0 Å². The van der Waals surface area contributed by atoms with Gasteiger partial charge in [-0.2, -0.15) is 0 Å². The molecule has 1 fully saturated rings. The molecule has 1 amide bonds. The van der Waals surface area contributed by atoms with Gasteiger partial charge in [0.2, 0.25) is 10.4 Å². The van der Waals surface area contributed by atoms with E-state index in [0.717, 1.165) is 46.3 Å². The lowest BCUT2D eigenvalue weighted by Gasteiger charge is -2.34. The van der Waals surface area contributed by atoms with Crippen LogP contribution in [0.3, 0.4) is 0 Å². The first-order valence-electron chi connectivity index (χ1n) is 12.4. The summed E-state index contributed by atoms with van der Waals surface area (Å²) in [6, 6.07) is 0. The van der Waals surface area contributed by atoms with E-state index in [4.69, 9.17) is 4.74 Å². The molecule has 32 heavy (non-hydrogen) atoms. The van der Waals surface area contributed by atoms with Crippen LogP contribution in [0.5, 0.6) is 0 Å². The summed E-state index contributed by atoms with van der Waals surface area (Å²) in [5.41, 5.74) is 0. The number of likely N-dealkylation sites (N-methyl/N-ethyl adjacent to an activating group) is 1. The van der Waals surface area contributed by atoms with Gasteiger partial charge in [-0.3, -0.25) is 8.67 Å². The zero-order chi connectivity index (χ0) is 24.1. The van der Waals surface area contributed by atoms with Crippen LogP contribution >= 0.6 is 0 Å². The Bertz CT molecular complexity index is 585. The first-order valence-corrected chi connectivity index (χ1v) is 13.7. The molecule has 1 saturated heterocycles. The zero-order valence-electron chi connectivity index (χ0n) is 20.7. The highest BCUT2D eigenvalue weighted by Gasteiger charge is 2.32. The number of morpholine rings is 1. The third-order valence-corrected chi connectivity index (χ3v) is 6.33. The maximum Gasteiger partial charge on any atom is 0.313 e. The first kappa shape index (κ1) is 31.2. The third kappa shape index (κ3) is 18.7. The van der Waals surface area contributed by atoms with E-state index in [1.807, 2.05) is 0 Å². The number of hydrogen-bond donors (Lipinski definition) is 0. The minimum Gasteiger partial charge on any atom is -0.726 e. The van der Waals surface area contributed by atoms with Crippen molar-refractivity contribution in [1.82, 2.24) is 0 Å². The molecule has 1 aliphatic rings. The smallest absolute Gasteiger partial charge is 0.313 e. The molecule has 0 atom stereocenters. The maximum absolute atomic E-state index is 12.4. The quantitative estimate of drug-likeness (QED) is 0.101. The van der Waals surface area contributed by atoms with Crippen molar-refractivity contribution in [2.45, 2.75) is 96.8 Å². The van der Waals surface area contributed by atoms with Gasteiger partial charge in [0.15, 0.2) is 0 Å². The number of quaternary nitrogens is 1. The number of unbranched alkanes of at least 4 members (excludes halogenated alkanes) is 11. The Balaban J connectivity index is 0.00000140. The van der Waals surface area contributed by atoms with Gasteiger partial charge in [-0.05, 0) is 32.1 Å². The Morgan fingerprint density at radius 1 is 0.906 bits per heavy atom. The number of nitrogens with zero attached hydrogens (tertiary/aromatic N) is 1. The molecule has 190 valence electrons. The van der Waals surface area contributed by atoms with Crippen molar-refractivity contribution >= 4 is 16.3 Å². The van der Waals surface area contributed by atoms with Gasteiger partial charge in [0.25, 0.3) is 0 Å². The first-order chi connectivity index (χ1) is 15.2. The van der Waals surface area contributed by atoms with Crippen LogP contribution in [0.1, 0.15) is 96.8 Å². The van der Waals surface area contributed by atoms with Gasteiger partial charge in [0.05, 0.1) is 33.8 Å². The molecule has 0 unspecified atom stereocenters. The monoisotopic (exact) mass is 477 g/mol. The highest BCUT2D eigenvalue weighted by molar-refractivity contribution is 7.80. The molecular formula is C24H47NO6S. The second-order valence-electron chi connectivity index (χ2n) is 8.76. The lowest BCUT2D eigenvalue weighted by Crippen LogP contribution is -2.55. The molecule has 0 radical (unpaired) electrons. The van der Waals surface area contributed by atoms with Gasteiger partial charge in [-0.25, -0.2) is 13.2 Å². The van der Waals surface area contributed by atoms with E-state index >= 15 is 0 Å². The molecule has 1 heterocycles. The summed E-state index contributed by atoms with van der Waals surface area (Å²) in [4.78, 5) is 12.4. The molecule has 8 heteroatoms. The van der Waals surface area contributed by atoms with Gasteiger partial charge in [0, 0.05) is 0 Å². The maximum atomic E-state index is 12.4. The van der Waals surface area contributed by atoms with Crippen molar-refractivity contribution in [2.75, 3.05) is 40.5 Å². The number of carbonyl (C=O) groups excluding carboxylic acids is 1. The summed E-state index contributed by atoms with van der Waals surface area (Å²) in [6.07, 6.45) is 22.4. The van der Waals surface area contributed by atoms with Crippen LogP contribution in [0.4, 0.5) is 0 Å². The summed E-state index contributed by atoms with van der Waals surface area (Å²) in [6.45, 7) is 5.44. The van der Waals surface area contributed by atoms with Gasteiger partial charge in [0.1, 0.15) is 13.1 Å². The number of amides is 1. The Morgan fingerprint density at radius 3 is 1.81 bits per heavy atom. The van der Waals surface area contributed by atoms with E-state index in [9.17, 15) is 17.8 Å². The largest absolute Gasteiger partial charge is 0.726 e. The summed E-state index contributed by atoms with van der Waals surface area (Å²) in [7, 11) is -1.53. The topological polar surface area (TPSA) is 92.7 Å². The van der Waals surface area contributed by atoms with Gasteiger partial charge in [-0.1, -0.05) is 70.4 Å². The van der Waals surface area contributed by atoms with E-state index < -0.39 is 10.4 Å². The van der Waals surface area contributed by atoms with Crippen molar-refractivity contribution in [2.24, 2.45) is 0 Å². The highest BCUT2D eigenvalue weighted by atomic mass is 32.3. The number of allylic oxidation sites excluding steroid dienone is 2. The highest BCUT2D eigenvalue weighted by Crippen LogP contribution is 2.14. The van der Waals surface area contributed by atoms with E-state index in [1.54, 1.807) is 0 Å². The molecule has 0 aromatic rings. The average molecular weight is 478 g/mol. The SMILES string of the molecule is CCCCCCCC/C=C\CCCCCCCC(=O)[N+]1(C)CCOCC1.COS(=O)(=O)[O-]. The van der Waals surface area contributed by atoms with Crippen LogP contribution < -0.4 is 0 Å². The van der Waals surface area contributed by atoms with Crippen LogP contribution in [-0.2, 0) is 24.1 Å². The minimum absolute atomic E-state index is 0.408. The summed E-state index contributed by atoms with van der Waals surface area (Å²) < 4.78 is 37.0. The molecule has 0 saturated carbocycles.